The van der Waals surface area contributed by atoms with Gasteiger partial charge in [0.2, 0.25) is 0 Å². The van der Waals surface area contributed by atoms with Crippen molar-refractivity contribution in [2.45, 2.75) is 12.8 Å². The summed E-state index contributed by atoms with van der Waals surface area (Å²) in [4.78, 5) is 16.5. The van der Waals surface area contributed by atoms with Crippen LogP contribution in [0.4, 0.5) is 4.39 Å². The maximum atomic E-state index is 13.1. The van der Waals surface area contributed by atoms with Gasteiger partial charge in [-0.2, -0.15) is 0 Å². The number of pyridine rings is 1. The molecule has 0 saturated heterocycles. The Hall–Kier alpha value is -2.49. The molecule has 0 N–H and O–H groups in total. The normalized spacial score (nSPS) is 13.7. The molecular weight excluding hydrogens is 281 g/mol. The van der Waals surface area contributed by atoms with Crippen molar-refractivity contribution in [1.82, 2.24) is 4.98 Å². The predicted molar refractivity (Wildman–Crippen MR) is 82.7 cm³/mol. The average molecular weight is 297 g/mol. The highest BCUT2D eigenvalue weighted by Crippen LogP contribution is 2.40. The summed E-state index contributed by atoms with van der Waals surface area (Å²) < 4.78 is 17.9. The Balaban J connectivity index is 2.07. The van der Waals surface area contributed by atoms with Gasteiger partial charge in [0.05, 0.1) is 24.1 Å². The number of halogens is 1. The molecule has 22 heavy (non-hydrogen) atoms. The van der Waals surface area contributed by atoms with Gasteiger partial charge in [0.25, 0.3) is 0 Å². The zero-order chi connectivity index (χ0) is 15.7. The second-order valence-electron chi connectivity index (χ2n) is 5.42. The number of esters is 1. The number of ether oxygens (including phenoxy) is 1. The SMILES string of the molecule is C=C(c1cc(C(=O)OC)cc(-c2ccc(F)cc2)n1)C1CC1. The number of allylic oxidation sites excluding steroid dienone is 1. The Morgan fingerprint density at radius 1 is 1.27 bits per heavy atom. The van der Waals surface area contributed by atoms with Gasteiger partial charge in [-0.15, -0.1) is 0 Å². The van der Waals surface area contributed by atoms with Crippen molar-refractivity contribution in [2.24, 2.45) is 5.92 Å². The first kappa shape index (κ1) is 14.4. The van der Waals surface area contributed by atoms with E-state index < -0.39 is 5.97 Å². The van der Waals surface area contributed by atoms with Crippen LogP contribution in [0.3, 0.4) is 0 Å². The molecule has 4 heteroatoms. The average Bonchev–Trinajstić information content (AvgIpc) is 3.38. The van der Waals surface area contributed by atoms with E-state index in [0.29, 0.717) is 22.9 Å². The van der Waals surface area contributed by atoms with Gasteiger partial charge in [-0.05, 0) is 60.7 Å². The molecule has 1 aromatic carbocycles. The van der Waals surface area contributed by atoms with Crippen LogP contribution >= 0.6 is 0 Å². The number of rotatable bonds is 4. The number of hydrogen-bond acceptors (Lipinski definition) is 3. The Labute approximate surface area is 128 Å². The molecular formula is C18H16FNO2. The smallest absolute Gasteiger partial charge is 0.338 e. The highest BCUT2D eigenvalue weighted by Gasteiger charge is 2.27. The molecule has 0 spiro atoms. The third kappa shape index (κ3) is 2.91. The fourth-order valence-corrected chi connectivity index (χ4v) is 2.34. The molecule has 0 aliphatic heterocycles. The molecule has 1 aromatic heterocycles. The highest BCUT2D eigenvalue weighted by atomic mass is 19.1. The van der Waals surface area contributed by atoms with Gasteiger partial charge < -0.3 is 4.74 Å². The standard InChI is InChI=1S/C18H16FNO2/c1-11(12-3-4-12)16-9-14(18(21)22-2)10-17(20-16)13-5-7-15(19)8-6-13/h5-10,12H,1,3-4H2,2H3. The summed E-state index contributed by atoms with van der Waals surface area (Å²) in [6.07, 6.45) is 2.21. The molecule has 1 aliphatic carbocycles. The third-order valence-corrected chi connectivity index (χ3v) is 3.79. The van der Waals surface area contributed by atoms with Crippen LogP contribution in [0.25, 0.3) is 16.8 Å². The maximum Gasteiger partial charge on any atom is 0.338 e. The number of carbonyl (C=O) groups excluding carboxylic acids is 1. The maximum absolute atomic E-state index is 13.1. The molecule has 2 aromatic rings. The van der Waals surface area contributed by atoms with Crippen LogP contribution in [0.1, 0.15) is 28.9 Å². The van der Waals surface area contributed by atoms with Crippen LogP contribution in [-0.4, -0.2) is 18.1 Å². The minimum absolute atomic E-state index is 0.310. The molecule has 3 nitrogen and oxygen atoms in total. The number of carbonyl (C=O) groups is 1. The molecule has 1 aliphatic rings. The minimum atomic E-state index is -0.421. The Morgan fingerprint density at radius 3 is 2.55 bits per heavy atom. The van der Waals surface area contributed by atoms with Gasteiger partial charge in [0, 0.05) is 5.56 Å². The monoisotopic (exact) mass is 297 g/mol. The van der Waals surface area contributed by atoms with Crippen molar-refractivity contribution in [3.05, 3.63) is 60.1 Å². The number of benzene rings is 1. The molecule has 0 unspecified atom stereocenters. The summed E-state index contributed by atoms with van der Waals surface area (Å²) >= 11 is 0. The van der Waals surface area contributed by atoms with Crippen LogP contribution in [-0.2, 0) is 4.74 Å². The molecule has 112 valence electrons. The lowest BCUT2D eigenvalue weighted by Crippen LogP contribution is -2.04. The van der Waals surface area contributed by atoms with E-state index in [1.165, 1.54) is 19.2 Å². The van der Waals surface area contributed by atoms with Crippen LogP contribution in [0, 0.1) is 11.7 Å². The molecule has 0 amide bonds. The Bertz CT molecular complexity index is 733. The molecule has 1 saturated carbocycles. The van der Waals surface area contributed by atoms with Crippen LogP contribution in [0.2, 0.25) is 0 Å². The molecule has 0 radical (unpaired) electrons. The first-order chi connectivity index (χ1) is 10.6. The molecule has 0 bridgehead atoms. The van der Waals surface area contributed by atoms with E-state index in [0.717, 1.165) is 24.0 Å². The van der Waals surface area contributed by atoms with E-state index in [4.69, 9.17) is 4.74 Å². The largest absolute Gasteiger partial charge is 0.465 e. The van der Waals surface area contributed by atoms with Crippen molar-refractivity contribution in [3.63, 3.8) is 0 Å². The zero-order valence-electron chi connectivity index (χ0n) is 12.3. The van der Waals surface area contributed by atoms with Gasteiger partial charge in [-0.1, -0.05) is 6.58 Å². The number of aromatic nitrogens is 1. The number of nitrogens with zero attached hydrogens (tertiary/aromatic N) is 1. The quantitative estimate of drug-likeness (QED) is 0.798. The van der Waals surface area contributed by atoms with Crippen LogP contribution < -0.4 is 0 Å². The summed E-state index contributed by atoms with van der Waals surface area (Å²) in [5.74, 6) is -0.285. The summed E-state index contributed by atoms with van der Waals surface area (Å²) in [5, 5.41) is 0. The van der Waals surface area contributed by atoms with Crippen molar-refractivity contribution in [2.75, 3.05) is 7.11 Å². The van der Waals surface area contributed by atoms with E-state index in [9.17, 15) is 9.18 Å². The second-order valence-corrected chi connectivity index (χ2v) is 5.42. The fourth-order valence-electron chi connectivity index (χ4n) is 2.34. The van der Waals surface area contributed by atoms with Crippen molar-refractivity contribution in [3.8, 4) is 11.3 Å². The molecule has 0 atom stereocenters. The predicted octanol–water partition coefficient (Wildman–Crippen LogP) is 4.10. The summed E-state index contributed by atoms with van der Waals surface area (Å²) in [6, 6.07) is 9.39. The fraction of sp³-hybridized carbons (Fsp3) is 0.222. The Morgan fingerprint density at radius 2 is 1.95 bits per heavy atom. The first-order valence-electron chi connectivity index (χ1n) is 7.14. The molecule has 1 heterocycles. The Kier molecular flexibility index (Phi) is 3.75. The van der Waals surface area contributed by atoms with E-state index in [2.05, 4.69) is 11.6 Å². The van der Waals surface area contributed by atoms with Gasteiger partial charge in [-0.25, -0.2) is 14.2 Å². The van der Waals surface area contributed by atoms with E-state index >= 15 is 0 Å². The van der Waals surface area contributed by atoms with Gasteiger partial charge in [0.1, 0.15) is 5.82 Å². The van der Waals surface area contributed by atoms with Crippen LogP contribution in [0.15, 0.2) is 43.0 Å². The van der Waals surface area contributed by atoms with E-state index in [1.807, 2.05) is 0 Å². The first-order valence-corrected chi connectivity index (χ1v) is 7.14. The van der Waals surface area contributed by atoms with E-state index in [1.54, 1.807) is 24.3 Å². The van der Waals surface area contributed by atoms with Crippen molar-refractivity contribution in [1.29, 1.82) is 0 Å². The second kappa shape index (κ2) is 5.72. The minimum Gasteiger partial charge on any atom is -0.465 e. The van der Waals surface area contributed by atoms with Gasteiger partial charge in [0.15, 0.2) is 0 Å². The highest BCUT2D eigenvalue weighted by molar-refractivity contribution is 5.91. The van der Waals surface area contributed by atoms with E-state index in [-0.39, 0.29) is 5.82 Å². The van der Waals surface area contributed by atoms with Gasteiger partial charge in [-0.3, -0.25) is 0 Å². The molecule has 3 rings (SSSR count). The lowest BCUT2D eigenvalue weighted by Gasteiger charge is -2.10. The number of hydrogen-bond donors (Lipinski definition) is 0. The third-order valence-electron chi connectivity index (χ3n) is 3.79. The summed E-state index contributed by atoms with van der Waals surface area (Å²) in [5.41, 5.74) is 3.42. The van der Waals surface area contributed by atoms with Crippen molar-refractivity contribution < 1.29 is 13.9 Å². The lowest BCUT2D eigenvalue weighted by atomic mass is 10.0. The number of methoxy groups -OCH3 is 1. The van der Waals surface area contributed by atoms with Crippen LogP contribution in [0.5, 0.6) is 0 Å². The van der Waals surface area contributed by atoms with Crippen molar-refractivity contribution >= 4 is 11.5 Å². The topological polar surface area (TPSA) is 39.2 Å². The lowest BCUT2D eigenvalue weighted by molar-refractivity contribution is 0.0600. The van der Waals surface area contributed by atoms with Gasteiger partial charge >= 0.3 is 5.97 Å². The summed E-state index contributed by atoms with van der Waals surface area (Å²) in [7, 11) is 1.34. The molecule has 1 fully saturated rings. The summed E-state index contributed by atoms with van der Waals surface area (Å²) in [6.45, 7) is 4.09. The zero-order valence-corrected chi connectivity index (χ0v) is 12.3.